The summed E-state index contributed by atoms with van der Waals surface area (Å²) in [5.74, 6) is 0.577. The van der Waals surface area contributed by atoms with Crippen molar-refractivity contribution in [2.45, 2.75) is 39.3 Å². The summed E-state index contributed by atoms with van der Waals surface area (Å²) in [6, 6.07) is 6.07. The first-order chi connectivity index (χ1) is 15.1. The zero-order chi connectivity index (χ0) is 21.4. The Labute approximate surface area is 184 Å². The third-order valence-electron chi connectivity index (χ3n) is 5.37. The van der Waals surface area contributed by atoms with Crippen LogP contribution in [0.2, 0.25) is 0 Å². The molecule has 160 valence electrons. The highest BCUT2D eigenvalue weighted by atomic mass is 32.1. The molecule has 2 N–H and O–H groups in total. The zero-order valence-corrected chi connectivity index (χ0v) is 18.5. The predicted molar refractivity (Wildman–Crippen MR) is 121 cm³/mol. The number of ether oxygens (including phenoxy) is 2. The highest BCUT2D eigenvalue weighted by Gasteiger charge is 2.33. The topological polar surface area (TPSA) is 97.8 Å². The molecule has 4 aromatic heterocycles. The van der Waals surface area contributed by atoms with Gasteiger partial charge in [0, 0.05) is 18.0 Å². The van der Waals surface area contributed by atoms with Crippen molar-refractivity contribution in [3.05, 3.63) is 46.2 Å². The van der Waals surface area contributed by atoms with Crippen LogP contribution in [-0.4, -0.2) is 50.5 Å². The van der Waals surface area contributed by atoms with Crippen LogP contribution in [0.25, 0.3) is 22.3 Å². The Kier molecular flexibility index (Phi) is 5.29. The van der Waals surface area contributed by atoms with Gasteiger partial charge < -0.3 is 14.8 Å². The van der Waals surface area contributed by atoms with Gasteiger partial charge in [-0.3, -0.25) is 5.10 Å². The minimum atomic E-state index is 0.0746. The third-order valence-corrected chi connectivity index (χ3v) is 6.19. The second-order valence-electron chi connectivity index (χ2n) is 7.57. The number of nitrogens with zero attached hydrogens (tertiary/aromatic N) is 4. The number of hydrogen-bond acceptors (Lipinski definition) is 8. The average Bonchev–Trinajstić information content (AvgIpc) is 3.35. The first-order valence-corrected chi connectivity index (χ1v) is 11.2. The quantitative estimate of drug-likeness (QED) is 0.453. The van der Waals surface area contributed by atoms with Crippen LogP contribution in [0.1, 0.15) is 23.3 Å². The Bertz CT molecular complexity index is 1220. The molecule has 31 heavy (non-hydrogen) atoms. The maximum absolute atomic E-state index is 5.84. The molecule has 1 saturated heterocycles. The second-order valence-corrected chi connectivity index (χ2v) is 8.64. The van der Waals surface area contributed by atoms with Gasteiger partial charge in [0.05, 0.1) is 58.7 Å². The number of aryl methyl sites for hydroxylation is 2. The van der Waals surface area contributed by atoms with Crippen molar-refractivity contribution < 1.29 is 9.47 Å². The largest absolute Gasteiger partial charge is 0.477 e. The van der Waals surface area contributed by atoms with Crippen LogP contribution in [0.5, 0.6) is 5.88 Å². The van der Waals surface area contributed by atoms with Gasteiger partial charge in [0.15, 0.2) is 0 Å². The van der Waals surface area contributed by atoms with E-state index in [1.165, 1.54) is 0 Å². The Morgan fingerprint density at radius 2 is 2.19 bits per heavy atom. The summed E-state index contributed by atoms with van der Waals surface area (Å²) in [6.07, 6.45) is 2.59. The first kappa shape index (κ1) is 19.9. The third kappa shape index (κ3) is 3.86. The molecular formula is C22H24N6O2S. The summed E-state index contributed by atoms with van der Waals surface area (Å²) in [6.45, 7) is 7.13. The van der Waals surface area contributed by atoms with E-state index < -0.39 is 0 Å². The molecule has 5 heterocycles. The maximum atomic E-state index is 5.84. The molecule has 0 spiro atoms. The number of nitrogens with one attached hydrogen (secondary N) is 2. The van der Waals surface area contributed by atoms with E-state index in [4.69, 9.17) is 14.5 Å². The van der Waals surface area contributed by atoms with E-state index in [-0.39, 0.29) is 12.1 Å². The smallest absolute Gasteiger partial charge is 0.222 e. The van der Waals surface area contributed by atoms with Gasteiger partial charge in [-0.1, -0.05) is 0 Å². The highest BCUT2D eigenvalue weighted by Crippen LogP contribution is 2.34. The van der Waals surface area contributed by atoms with E-state index in [1.54, 1.807) is 17.5 Å². The van der Waals surface area contributed by atoms with Gasteiger partial charge in [0.1, 0.15) is 11.0 Å². The van der Waals surface area contributed by atoms with E-state index in [0.717, 1.165) is 50.8 Å². The number of rotatable bonds is 7. The monoisotopic (exact) mass is 436 g/mol. The molecular weight excluding hydrogens is 412 g/mol. The lowest BCUT2D eigenvalue weighted by molar-refractivity contribution is -0.0634. The van der Waals surface area contributed by atoms with Gasteiger partial charge >= 0.3 is 0 Å². The van der Waals surface area contributed by atoms with E-state index in [1.807, 2.05) is 39.0 Å². The fourth-order valence-electron chi connectivity index (χ4n) is 3.76. The molecule has 9 heteroatoms. The molecule has 5 rings (SSSR count). The fourth-order valence-corrected chi connectivity index (χ4v) is 4.39. The lowest BCUT2D eigenvalue weighted by Crippen LogP contribution is -2.51. The Hall–Kier alpha value is -3.04. The molecule has 1 aliphatic heterocycles. The summed E-state index contributed by atoms with van der Waals surface area (Å²) in [5, 5.41) is 14.4. The number of aromatic amines is 1. The van der Waals surface area contributed by atoms with Gasteiger partial charge in [0.25, 0.3) is 0 Å². The summed E-state index contributed by atoms with van der Waals surface area (Å²) in [5.41, 5.74) is 6.21. The molecule has 0 radical (unpaired) electrons. The highest BCUT2D eigenvalue weighted by molar-refractivity contribution is 7.09. The van der Waals surface area contributed by atoms with Crippen LogP contribution < -0.4 is 10.1 Å². The zero-order valence-electron chi connectivity index (χ0n) is 17.7. The molecule has 0 amide bonds. The van der Waals surface area contributed by atoms with Crippen molar-refractivity contribution in [2.24, 2.45) is 0 Å². The lowest BCUT2D eigenvalue weighted by Gasteiger charge is -2.37. The van der Waals surface area contributed by atoms with Gasteiger partial charge in [0.2, 0.25) is 5.88 Å². The van der Waals surface area contributed by atoms with Crippen LogP contribution in [0.3, 0.4) is 0 Å². The molecule has 1 aliphatic rings. The molecule has 2 atom stereocenters. The van der Waals surface area contributed by atoms with Crippen molar-refractivity contribution in [2.75, 3.05) is 18.5 Å². The Morgan fingerprint density at radius 1 is 1.29 bits per heavy atom. The lowest BCUT2D eigenvalue weighted by atomic mass is 10.0. The Balaban J connectivity index is 1.47. The number of thiazole rings is 1. The minimum Gasteiger partial charge on any atom is -0.477 e. The SMILES string of the molecule is CCOc1ncccc1-c1cc(NC2CO[C@@H]2Cc2csc(C)n2)c2n[nH]c(C)c2n1. The fraction of sp³-hybridized carbons (Fsp3) is 0.364. The van der Waals surface area contributed by atoms with Gasteiger partial charge in [-0.05, 0) is 39.0 Å². The molecule has 1 unspecified atom stereocenters. The number of hydrogen-bond donors (Lipinski definition) is 2. The normalized spacial score (nSPS) is 18.2. The van der Waals surface area contributed by atoms with Crippen molar-refractivity contribution in [1.29, 1.82) is 0 Å². The first-order valence-electron chi connectivity index (χ1n) is 10.4. The number of pyridine rings is 2. The summed E-state index contributed by atoms with van der Waals surface area (Å²) < 4.78 is 11.6. The average molecular weight is 437 g/mol. The molecule has 1 fully saturated rings. The van der Waals surface area contributed by atoms with Crippen LogP contribution in [0.15, 0.2) is 29.8 Å². The number of aromatic nitrogens is 5. The summed E-state index contributed by atoms with van der Waals surface area (Å²) in [7, 11) is 0. The minimum absolute atomic E-state index is 0.0746. The molecule has 0 saturated carbocycles. The standard InChI is InChI=1S/C22H24N6O2S/c1-4-29-22-15(6-5-7-23-22)16-9-17(21-20(26-16)12(2)27-28-21)25-18-10-30-19(18)8-14-11-31-13(3)24-14/h5-7,9,11,18-19H,4,8,10H2,1-3H3,(H,25,26)(H,27,28)/t18?,19-/m1/s1. The number of fused-ring (bicyclic) bond motifs is 1. The predicted octanol–water partition coefficient (Wildman–Crippen LogP) is 3.91. The van der Waals surface area contributed by atoms with E-state index in [2.05, 4.69) is 30.9 Å². The number of anilines is 1. The van der Waals surface area contributed by atoms with Gasteiger partial charge in [-0.2, -0.15) is 5.10 Å². The van der Waals surface area contributed by atoms with Gasteiger partial charge in [-0.15, -0.1) is 11.3 Å². The van der Waals surface area contributed by atoms with Crippen LogP contribution in [0.4, 0.5) is 5.69 Å². The van der Waals surface area contributed by atoms with Crippen molar-refractivity contribution in [1.82, 2.24) is 25.1 Å². The van der Waals surface area contributed by atoms with E-state index in [0.29, 0.717) is 19.1 Å². The van der Waals surface area contributed by atoms with Crippen molar-refractivity contribution >= 4 is 28.1 Å². The van der Waals surface area contributed by atoms with Crippen LogP contribution in [0, 0.1) is 13.8 Å². The molecule has 8 nitrogen and oxygen atoms in total. The van der Waals surface area contributed by atoms with Crippen LogP contribution >= 0.6 is 11.3 Å². The van der Waals surface area contributed by atoms with Crippen molar-refractivity contribution in [3.63, 3.8) is 0 Å². The van der Waals surface area contributed by atoms with Gasteiger partial charge in [-0.25, -0.2) is 15.0 Å². The second kappa shape index (κ2) is 8.24. The molecule has 4 aromatic rings. The Morgan fingerprint density at radius 3 is 2.94 bits per heavy atom. The molecule has 0 aliphatic carbocycles. The molecule has 0 bridgehead atoms. The van der Waals surface area contributed by atoms with Crippen molar-refractivity contribution in [3.8, 4) is 17.1 Å². The van der Waals surface area contributed by atoms with E-state index in [9.17, 15) is 0 Å². The van der Waals surface area contributed by atoms with Crippen LogP contribution in [-0.2, 0) is 11.2 Å². The summed E-state index contributed by atoms with van der Waals surface area (Å²) >= 11 is 1.67. The van der Waals surface area contributed by atoms with E-state index >= 15 is 0 Å². The maximum Gasteiger partial charge on any atom is 0.222 e. The summed E-state index contributed by atoms with van der Waals surface area (Å²) in [4.78, 5) is 13.8. The number of H-pyrrole nitrogens is 1. The molecule has 0 aromatic carbocycles.